The lowest BCUT2D eigenvalue weighted by Crippen LogP contribution is -2.24. The van der Waals surface area contributed by atoms with Gasteiger partial charge in [0.1, 0.15) is 5.75 Å². The summed E-state index contributed by atoms with van der Waals surface area (Å²) in [5, 5.41) is 2.62. The van der Waals surface area contributed by atoms with E-state index in [1.54, 1.807) is 37.1 Å². The van der Waals surface area contributed by atoms with Crippen molar-refractivity contribution in [3.63, 3.8) is 0 Å². The molecule has 108 valence electrons. The third-order valence-corrected chi connectivity index (χ3v) is 3.06. The van der Waals surface area contributed by atoms with E-state index in [9.17, 15) is 9.59 Å². The fourth-order valence-electron chi connectivity index (χ4n) is 2.17. The van der Waals surface area contributed by atoms with Crippen LogP contribution in [0.5, 0.6) is 5.75 Å². The predicted octanol–water partition coefficient (Wildman–Crippen LogP) is 2.39. The molecule has 2 rings (SSSR count). The van der Waals surface area contributed by atoms with E-state index < -0.39 is 6.09 Å². The van der Waals surface area contributed by atoms with Crippen molar-refractivity contribution >= 4 is 23.4 Å². The number of anilines is 2. The van der Waals surface area contributed by atoms with Gasteiger partial charge in [-0.15, -0.1) is 0 Å². The lowest BCUT2D eigenvalue weighted by molar-refractivity contribution is -0.117. The second-order valence-corrected chi connectivity index (χ2v) is 4.38. The average Bonchev–Trinajstić information content (AvgIpc) is 2.85. The second kappa shape index (κ2) is 6.27. The highest BCUT2D eigenvalue weighted by molar-refractivity contribution is 5.98. The molecule has 0 radical (unpaired) electrons. The number of amides is 2. The van der Waals surface area contributed by atoms with Crippen molar-refractivity contribution in [3.05, 3.63) is 18.2 Å². The van der Waals surface area contributed by atoms with E-state index >= 15 is 0 Å². The van der Waals surface area contributed by atoms with Gasteiger partial charge in [-0.2, -0.15) is 0 Å². The standard InChI is InChI=1S/C14H18N2O4/c1-3-20-14(18)15-10-6-7-12(19-2)11(9-10)16-8-4-5-13(16)17/h6-7,9H,3-5,8H2,1-2H3,(H,15,18). The maximum atomic E-state index is 11.8. The van der Waals surface area contributed by atoms with Crippen molar-refractivity contribution in [1.29, 1.82) is 0 Å². The van der Waals surface area contributed by atoms with Crippen LogP contribution in [0.1, 0.15) is 19.8 Å². The molecular formula is C14H18N2O4. The van der Waals surface area contributed by atoms with Crippen molar-refractivity contribution in [2.24, 2.45) is 0 Å². The van der Waals surface area contributed by atoms with Crippen LogP contribution in [0.15, 0.2) is 18.2 Å². The molecular weight excluding hydrogens is 260 g/mol. The SMILES string of the molecule is CCOC(=O)Nc1ccc(OC)c(N2CCCC2=O)c1. The Hall–Kier alpha value is -2.24. The summed E-state index contributed by atoms with van der Waals surface area (Å²) >= 11 is 0. The highest BCUT2D eigenvalue weighted by Crippen LogP contribution is 2.33. The fraction of sp³-hybridized carbons (Fsp3) is 0.429. The zero-order valence-corrected chi connectivity index (χ0v) is 11.6. The monoisotopic (exact) mass is 278 g/mol. The normalized spacial score (nSPS) is 14.3. The smallest absolute Gasteiger partial charge is 0.411 e. The van der Waals surface area contributed by atoms with Crippen LogP contribution in [-0.2, 0) is 9.53 Å². The first kappa shape index (κ1) is 14.2. The molecule has 1 N–H and O–H groups in total. The van der Waals surface area contributed by atoms with Gasteiger partial charge < -0.3 is 14.4 Å². The summed E-state index contributed by atoms with van der Waals surface area (Å²) in [6.07, 6.45) is 0.854. The minimum Gasteiger partial charge on any atom is -0.495 e. The van der Waals surface area contributed by atoms with Crippen LogP contribution in [0.25, 0.3) is 0 Å². The highest BCUT2D eigenvalue weighted by atomic mass is 16.5. The Labute approximate surface area is 117 Å². The van der Waals surface area contributed by atoms with Crippen LogP contribution in [0.4, 0.5) is 16.2 Å². The predicted molar refractivity (Wildman–Crippen MR) is 75.2 cm³/mol. The van der Waals surface area contributed by atoms with Crippen LogP contribution in [0, 0.1) is 0 Å². The van der Waals surface area contributed by atoms with Gasteiger partial charge in [-0.3, -0.25) is 10.1 Å². The van der Waals surface area contributed by atoms with E-state index in [4.69, 9.17) is 9.47 Å². The van der Waals surface area contributed by atoms with Gasteiger partial charge in [-0.05, 0) is 31.5 Å². The van der Waals surface area contributed by atoms with Crippen LogP contribution in [-0.4, -0.2) is 32.3 Å². The minimum absolute atomic E-state index is 0.0663. The molecule has 0 saturated carbocycles. The maximum absolute atomic E-state index is 11.8. The largest absolute Gasteiger partial charge is 0.495 e. The van der Waals surface area contributed by atoms with E-state index in [1.807, 2.05) is 0 Å². The Morgan fingerprint density at radius 1 is 1.45 bits per heavy atom. The molecule has 6 nitrogen and oxygen atoms in total. The number of rotatable bonds is 4. The second-order valence-electron chi connectivity index (χ2n) is 4.38. The molecule has 1 heterocycles. The number of methoxy groups -OCH3 is 1. The number of nitrogens with one attached hydrogen (secondary N) is 1. The maximum Gasteiger partial charge on any atom is 0.411 e. The molecule has 0 unspecified atom stereocenters. The summed E-state index contributed by atoms with van der Waals surface area (Å²) in [6, 6.07) is 5.15. The minimum atomic E-state index is -0.517. The van der Waals surface area contributed by atoms with Gasteiger partial charge in [0.2, 0.25) is 5.91 Å². The number of benzene rings is 1. The highest BCUT2D eigenvalue weighted by Gasteiger charge is 2.24. The molecule has 0 aliphatic carbocycles. The summed E-state index contributed by atoms with van der Waals surface area (Å²) in [4.78, 5) is 24.9. The molecule has 1 aliphatic heterocycles. The Morgan fingerprint density at radius 2 is 2.25 bits per heavy atom. The number of carbonyl (C=O) groups excluding carboxylic acids is 2. The molecule has 1 aromatic rings. The summed E-state index contributed by atoms with van der Waals surface area (Å²) < 4.78 is 10.1. The summed E-state index contributed by atoms with van der Waals surface area (Å²) in [7, 11) is 1.55. The van der Waals surface area contributed by atoms with Gasteiger partial charge >= 0.3 is 6.09 Å². The van der Waals surface area contributed by atoms with Crippen LogP contribution < -0.4 is 15.0 Å². The van der Waals surface area contributed by atoms with Crippen LogP contribution >= 0.6 is 0 Å². The van der Waals surface area contributed by atoms with Crippen molar-refractivity contribution in [2.45, 2.75) is 19.8 Å². The first-order valence-corrected chi connectivity index (χ1v) is 6.58. The van der Waals surface area contributed by atoms with Crippen molar-refractivity contribution in [3.8, 4) is 5.75 Å². The number of hydrogen-bond acceptors (Lipinski definition) is 4. The van der Waals surface area contributed by atoms with E-state index in [0.29, 0.717) is 36.7 Å². The molecule has 1 saturated heterocycles. The van der Waals surface area contributed by atoms with Gasteiger partial charge in [-0.25, -0.2) is 4.79 Å². The van der Waals surface area contributed by atoms with E-state index in [-0.39, 0.29) is 5.91 Å². The Morgan fingerprint density at radius 3 is 2.85 bits per heavy atom. The van der Waals surface area contributed by atoms with Gasteiger partial charge in [-0.1, -0.05) is 0 Å². The summed E-state index contributed by atoms with van der Waals surface area (Å²) in [6.45, 7) is 2.71. The first-order valence-electron chi connectivity index (χ1n) is 6.58. The van der Waals surface area contributed by atoms with E-state index in [2.05, 4.69) is 5.32 Å². The molecule has 0 aromatic heterocycles. The number of hydrogen-bond donors (Lipinski definition) is 1. The van der Waals surface area contributed by atoms with Gasteiger partial charge in [0.15, 0.2) is 0 Å². The lowest BCUT2D eigenvalue weighted by atomic mass is 10.2. The van der Waals surface area contributed by atoms with Crippen LogP contribution in [0.3, 0.4) is 0 Å². The molecule has 1 aromatic carbocycles. The first-order chi connectivity index (χ1) is 9.65. The summed E-state index contributed by atoms with van der Waals surface area (Å²) in [5.74, 6) is 0.672. The number of carbonyl (C=O) groups is 2. The van der Waals surface area contributed by atoms with Crippen molar-refractivity contribution in [2.75, 3.05) is 30.5 Å². The quantitative estimate of drug-likeness (QED) is 0.918. The van der Waals surface area contributed by atoms with Crippen LogP contribution in [0.2, 0.25) is 0 Å². The third kappa shape index (κ3) is 3.01. The Bertz CT molecular complexity index is 516. The fourth-order valence-corrected chi connectivity index (χ4v) is 2.17. The lowest BCUT2D eigenvalue weighted by Gasteiger charge is -2.20. The van der Waals surface area contributed by atoms with Crippen molar-refractivity contribution in [1.82, 2.24) is 0 Å². The molecule has 0 spiro atoms. The van der Waals surface area contributed by atoms with Gasteiger partial charge in [0.05, 0.1) is 19.4 Å². The molecule has 20 heavy (non-hydrogen) atoms. The number of ether oxygens (including phenoxy) is 2. The van der Waals surface area contributed by atoms with Gasteiger partial charge in [0.25, 0.3) is 0 Å². The topological polar surface area (TPSA) is 67.9 Å². The third-order valence-electron chi connectivity index (χ3n) is 3.06. The molecule has 6 heteroatoms. The van der Waals surface area contributed by atoms with Crippen molar-refractivity contribution < 1.29 is 19.1 Å². The number of nitrogens with zero attached hydrogens (tertiary/aromatic N) is 1. The zero-order valence-electron chi connectivity index (χ0n) is 11.6. The zero-order chi connectivity index (χ0) is 14.5. The van der Waals surface area contributed by atoms with E-state index in [0.717, 1.165) is 6.42 Å². The Kier molecular flexibility index (Phi) is 4.45. The molecule has 0 atom stereocenters. The molecule has 2 amide bonds. The van der Waals surface area contributed by atoms with E-state index in [1.165, 1.54) is 0 Å². The van der Waals surface area contributed by atoms with Gasteiger partial charge in [0, 0.05) is 18.7 Å². The average molecular weight is 278 g/mol. The molecule has 0 bridgehead atoms. The Balaban J connectivity index is 2.24. The molecule has 1 fully saturated rings. The summed E-state index contributed by atoms with van der Waals surface area (Å²) in [5.41, 5.74) is 1.24. The molecule has 1 aliphatic rings.